The van der Waals surface area contributed by atoms with Crippen molar-refractivity contribution in [2.24, 2.45) is 4.99 Å². The Labute approximate surface area is 230 Å². The summed E-state index contributed by atoms with van der Waals surface area (Å²) in [7, 11) is 1.38. The van der Waals surface area contributed by atoms with E-state index in [0.29, 0.717) is 10.8 Å². The third-order valence-corrected chi connectivity index (χ3v) is 8.44. The maximum Gasteiger partial charge on any atom is 0.434 e. The molecule has 1 atom stereocenters. The number of alkyl halides is 3. The number of ether oxygens (including phenoxy) is 2. The highest BCUT2D eigenvalue weighted by Crippen LogP contribution is 2.43. The number of benzene rings is 2. The summed E-state index contributed by atoms with van der Waals surface area (Å²) in [6, 6.07) is 12.5. The first kappa shape index (κ1) is 26.4. The van der Waals surface area contributed by atoms with Crippen molar-refractivity contribution in [3.8, 4) is 5.75 Å². The fourth-order valence-electron chi connectivity index (χ4n) is 4.38. The van der Waals surface area contributed by atoms with E-state index < -0.39 is 35.0 Å². The van der Waals surface area contributed by atoms with Gasteiger partial charge in [0, 0.05) is 10.4 Å². The second-order valence-electron chi connectivity index (χ2n) is 8.11. The molecule has 12 heteroatoms. The number of nitrogens with zero attached hydrogens (tertiary/aromatic N) is 2. The van der Waals surface area contributed by atoms with E-state index in [2.05, 4.69) is 20.9 Å². The number of esters is 1. The number of thiophene rings is 1. The van der Waals surface area contributed by atoms with Crippen LogP contribution in [0.3, 0.4) is 0 Å². The Morgan fingerprint density at radius 2 is 1.92 bits per heavy atom. The number of hydrogen-bond acceptors (Lipinski definition) is 7. The summed E-state index contributed by atoms with van der Waals surface area (Å²) < 4.78 is 56.1. The Morgan fingerprint density at radius 1 is 1.16 bits per heavy atom. The molecule has 0 aliphatic carbocycles. The molecule has 0 spiro atoms. The zero-order chi connectivity index (χ0) is 27.2. The highest BCUT2D eigenvalue weighted by atomic mass is 79.9. The second kappa shape index (κ2) is 10.2. The minimum atomic E-state index is -4.99. The number of rotatable bonds is 5. The zero-order valence-electron chi connectivity index (χ0n) is 19.8. The summed E-state index contributed by atoms with van der Waals surface area (Å²) in [6.45, 7) is 1.33. The highest BCUT2D eigenvalue weighted by Gasteiger charge is 2.46. The molecule has 6 nitrogen and oxygen atoms in total. The third kappa shape index (κ3) is 4.61. The van der Waals surface area contributed by atoms with Gasteiger partial charge in [-0.2, -0.15) is 13.2 Å². The van der Waals surface area contributed by atoms with Crippen LogP contribution in [0.5, 0.6) is 5.75 Å². The molecule has 0 saturated carbocycles. The van der Waals surface area contributed by atoms with E-state index in [0.717, 1.165) is 24.6 Å². The summed E-state index contributed by atoms with van der Waals surface area (Å²) in [5.74, 6) is -0.990. The van der Waals surface area contributed by atoms with Gasteiger partial charge in [0.1, 0.15) is 11.8 Å². The van der Waals surface area contributed by atoms with E-state index in [-0.39, 0.29) is 27.3 Å². The van der Waals surface area contributed by atoms with Crippen LogP contribution < -0.4 is 19.6 Å². The molecule has 3 heterocycles. The van der Waals surface area contributed by atoms with E-state index in [9.17, 15) is 22.8 Å². The van der Waals surface area contributed by atoms with Crippen LogP contribution in [-0.2, 0) is 9.53 Å². The smallest absolute Gasteiger partial charge is 0.434 e. The number of thiazole rings is 1. The lowest BCUT2D eigenvalue weighted by molar-refractivity contribution is -0.140. The number of aromatic nitrogens is 1. The van der Waals surface area contributed by atoms with Gasteiger partial charge < -0.3 is 9.47 Å². The van der Waals surface area contributed by atoms with E-state index >= 15 is 0 Å². The molecule has 4 aromatic rings. The Bertz CT molecular complexity index is 1790. The average molecular weight is 623 g/mol. The molecule has 196 valence electrons. The van der Waals surface area contributed by atoms with E-state index in [4.69, 9.17) is 9.47 Å². The first-order valence-corrected chi connectivity index (χ1v) is 13.7. The minimum absolute atomic E-state index is 0.162. The molecule has 2 aromatic heterocycles. The van der Waals surface area contributed by atoms with Gasteiger partial charge in [-0.25, -0.2) is 9.79 Å². The van der Waals surface area contributed by atoms with Gasteiger partial charge >= 0.3 is 12.1 Å². The van der Waals surface area contributed by atoms with E-state index in [1.165, 1.54) is 25.4 Å². The quantitative estimate of drug-likeness (QED) is 0.282. The van der Waals surface area contributed by atoms with Crippen molar-refractivity contribution in [2.75, 3.05) is 13.7 Å². The highest BCUT2D eigenvalue weighted by molar-refractivity contribution is 9.11. The maximum atomic E-state index is 14.4. The fourth-order valence-corrected chi connectivity index (χ4v) is 6.82. The average Bonchev–Trinajstić information content (AvgIpc) is 3.44. The first-order valence-electron chi connectivity index (χ1n) is 11.2. The van der Waals surface area contributed by atoms with Crippen molar-refractivity contribution in [1.29, 1.82) is 0 Å². The Morgan fingerprint density at radius 3 is 2.58 bits per heavy atom. The Balaban J connectivity index is 1.93. The molecule has 1 aliphatic rings. The van der Waals surface area contributed by atoms with Crippen LogP contribution in [0.2, 0.25) is 0 Å². The molecule has 0 unspecified atom stereocenters. The van der Waals surface area contributed by atoms with E-state index in [1.807, 2.05) is 0 Å². The van der Waals surface area contributed by atoms with Crippen molar-refractivity contribution in [3.63, 3.8) is 0 Å². The summed E-state index contributed by atoms with van der Waals surface area (Å²) in [5, 5.41) is 1.22. The van der Waals surface area contributed by atoms with Crippen molar-refractivity contribution >= 4 is 61.4 Å². The maximum absolute atomic E-state index is 14.4. The minimum Gasteiger partial charge on any atom is -0.496 e. The largest absolute Gasteiger partial charge is 0.496 e. The van der Waals surface area contributed by atoms with Crippen molar-refractivity contribution < 1.29 is 27.4 Å². The zero-order valence-corrected chi connectivity index (χ0v) is 23.1. The topological polar surface area (TPSA) is 69.9 Å². The summed E-state index contributed by atoms with van der Waals surface area (Å²) >= 11 is 5.56. The second-order valence-corrected chi connectivity index (χ2v) is 11.6. The molecule has 0 amide bonds. The summed E-state index contributed by atoms with van der Waals surface area (Å²) in [6.07, 6.45) is -3.40. The van der Waals surface area contributed by atoms with Gasteiger partial charge in [0.2, 0.25) is 0 Å². The fraction of sp³-hybridized carbons (Fsp3) is 0.192. The van der Waals surface area contributed by atoms with Gasteiger partial charge in [-0.1, -0.05) is 41.7 Å². The number of hydrogen-bond donors (Lipinski definition) is 0. The number of fused-ring (bicyclic) bond motifs is 2. The number of carbonyl (C=O) groups is 1. The molecule has 0 fully saturated rings. The van der Waals surface area contributed by atoms with Crippen LogP contribution in [-0.4, -0.2) is 30.4 Å². The standard InChI is InChI=1S/C26H18BrF3N2O4S2/c1-3-36-24(34)20-21(19-15-7-5-4-6-13(15)8-10-16(19)35-2)32-23(33)17(12-14-9-11-18(27)37-14)38-25(32)31-22(20)26(28,29)30/h4-12,21H,3H2,1-2H3/b17-12+/t21-/m1/s1. The monoisotopic (exact) mass is 622 g/mol. The SMILES string of the molecule is CCOC(=O)C1=C(C(F)(F)F)N=c2s/c(=C/c3ccc(Br)s3)c(=O)n2[C@@H]1c1c(OC)ccc2ccccc12. The number of carbonyl (C=O) groups excluding carboxylic acids is 1. The van der Waals surface area contributed by atoms with Crippen molar-refractivity contribution in [2.45, 2.75) is 19.1 Å². The number of methoxy groups -OCH3 is 1. The van der Waals surface area contributed by atoms with Gasteiger partial charge in [-0.3, -0.25) is 9.36 Å². The predicted octanol–water partition coefficient (Wildman–Crippen LogP) is 5.33. The number of allylic oxidation sites excluding steroid dienone is 1. The van der Waals surface area contributed by atoms with Crippen LogP contribution >= 0.6 is 38.6 Å². The predicted molar refractivity (Wildman–Crippen MR) is 143 cm³/mol. The van der Waals surface area contributed by atoms with Crippen LogP contribution in [0, 0.1) is 0 Å². The van der Waals surface area contributed by atoms with Crippen molar-refractivity contribution in [3.05, 3.63) is 93.7 Å². The molecular formula is C26H18BrF3N2O4S2. The first-order chi connectivity index (χ1) is 18.1. The molecule has 2 aromatic carbocycles. The van der Waals surface area contributed by atoms with Crippen LogP contribution in [0.25, 0.3) is 16.8 Å². The van der Waals surface area contributed by atoms with Gasteiger partial charge in [-0.15, -0.1) is 11.3 Å². The molecule has 1 aliphatic heterocycles. The van der Waals surface area contributed by atoms with Gasteiger partial charge in [-0.05, 0) is 57.9 Å². The Kier molecular flexibility index (Phi) is 7.05. The molecule has 0 radical (unpaired) electrons. The van der Waals surface area contributed by atoms with Crippen LogP contribution in [0.1, 0.15) is 23.4 Å². The molecule has 5 rings (SSSR count). The normalized spacial score (nSPS) is 15.9. The molecule has 0 saturated heterocycles. The third-order valence-electron chi connectivity index (χ3n) is 5.89. The van der Waals surface area contributed by atoms with E-state index in [1.54, 1.807) is 54.6 Å². The molecule has 38 heavy (non-hydrogen) atoms. The molecule has 0 bridgehead atoms. The van der Waals surface area contributed by atoms with Gasteiger partial charge in [0.25, 0.3) is 5.56 Å². The summed E-state index contributed by atoms with van der Waals surface area (Å²) in [4.78, 5) is 31.3. The van der Waals surface area contributed by atoms with Gasteiger partial charge in [0.15, 0.2) is 10.5 Å². The number of halogens is 4. The lowest BCUT2D eigenvalue weighted by atomic mass is 9.90. The van der Waals surface area contributed by atoms with Crippen LogP contribution in [0.4, 0.5) is 13.2 Å². The van der Waals surface area contributed by atoms with Crippen molar-refractivity contribution in [1.82, 2.24) is 4.57 Å². The summed E-state index contributed by atoms with van der Waals surface area (Å²) in [5.41, 5.74) is -2.52. The lowest BCUT2D eigenvalue weighted by Gasteiger charge is -2.28. The molecule has 0 N–H and O–H groups in total. The van der Waals surface area contributed by atoms with Gasteiger partial charge in [0.05, 0.1) is 27.6 Å². The van der Waals surface area contributed by atoms with Crippen LogP contribution in [0.15, 0.2) is 73.4 Å². The lowest BCUT2D eigenvalue weighted by Crippen LogP contribution is -2.41. The Hall–Kier alpha value is -3.22. The molecular weight excluding hydrogens is 605 g/mol.